The van der Waals surface area contributed by atoms with Crippen LogP contribution >= 0.6 is 0 Å². The number of nitriles is 1. The van der Waals surface area contributed by atoms with Crippen molar-refractivity contribution in [2.45, 2.75) is 25.7 Å². The second kappa shape index (κ2) is 9.81. The lowest BCUT2D eigenvalue weighted by Crippen LogP contribution is -2.60. The van der Waals surface area contributed by atoms with Gasteiger partial charge in [0, 0.05) is 22.6 Å². The number of para-hydroxylation sites is 1. The van der Waals surface area contributed by atoms with Gasteiger partial charge < -0.3 is 16.0 Å². The van der Waals surface area contributed by atoms with Crippen molar-refractivity contribution in [2.24, 2.45) is 0 Å². The first-order valence-corrected chi connectivity index (χ1v) is 12.2. The molecule has 1 aliphatic rings. The van der Waals surface area contributed by atoms with Crippen LogP contribution in [0.15, 0.2) is 97.1 Å². The molecule has 5 rings (SSSR count). The average molecular weight is 488 g/mol. The molecule has 184 valence electrons. The van der Waals surface area contributed by atoms with E-state index in [2.05, 4.69) is 83.4 Å². The van der Waals surface area contributed by atoms with E-state index in [1.807, 2.05) is 37.3 Å². The fourth-order valence-electron chi connectivity index (χ4n) is 4.83. The van der Waals surface area contributed by atoms with E-state index in [1.165, 1.54) is 11.1 Å². The zero-order chi connectivity index (χ0) is 26.0. The zero-order valence-corrected chi connectivity index (χ0v) is 21.1. The molecule has 0 radical (unpaired) electrons. The van der Waals surface area contributed by atoms with Gasteiger partial charge in [-0.25, -0.2) is 0 Å². The predicted octanol–water partition coefficient (Wildman–Crippen LogP) is 6.35. The molecule has 2 unspecified atom stereocenters. The molecule has 0 saturated heterocycles. The molecule has 0 fully saturated rings. The number of carbonyl (C=O) groups excluding carboxylic acids is 1. The van der Waals surface area contributed by atoms with Crippen molar-refractivity contribution < 1.29 is 4.79 Å². The zero-order valence-electron chi connectivity index (χ0n) is 21.1. The molecule has 0 aliphatic carbocycles. The molecule has 2 atom stereocenters. The maximum atomic E-state index is 12.9. The van der Waals surface area contributed by atoms with Crippen LogP contribution in [0.4, 0.5) is 17.1 Å². The normalized spacial score (nSPS) is 18.7. The van der Waals surface area contributed by atoms with Crippen molar-refractivity contribution >= 4 is 23.0 Å². The number of nitrogens with zero attached hydrogens (tertiary/aromatic N) is 2. The van der Waals surface area contributed by atoms with Crippen LogP contribution < -0.4 is 16.0 Å². The number of benzene rings is 4. The van der Waals surface area contributed by atoms with E-state index in [0.29, 0.717) is 16.8 Å². The highest BCUT2D eigenvalue weighted by atomic mass is 16.1. The lowest BCUT2D eigenvalue weighted by Gasteiger charge is -2.50. The van der Waals surface area contributed by atoms with E-state index < -0.39 is 5.79 Å². The summed E-state index contributed by atoms with van der Waals surface area (Å²) in [5, 5.41) is 19.4. The summed E-state index contributed by atoms with van der Waals surface area (Å²) in [6.07, 6.45) is 0. The van der Waals surface area contributed by atoms with E-state index in [0.717, 1.165) is 16.9 Å². The van der Waals surface area contributed by atoms with Crippen LogP contribution in [0.3, 0.4) is 0 Å². The van der Waals surface area contributed by atoms with Crippen LogP contribution in [0.2, 0.25) is 0 Å². The molecule has 1 amide bonds. The van der Waals surface area contributed by atoms with E-state index in [4.69, 9.17) is 5.26 Å². The van der Waals surface area contributed by atoms with Gasteiger partial charge in [-0.3, -0.25) is 9.69 Å². The number of rotatable bonds is 5. The van der Waals surface area contributed by atoms with Crippen LogP contribution in [0.25, 0.3) is 0 Å². The van der Waals surface area contributed by atoms with Crippen molar-refractivity contribution in [3.63, 3.8) is 0 Å². The van der Waals surface area contributed by atoms with Crippen molar-refractivity contribution in [2.75, 3.05) is 23.0 Å². The standard InChI is InChI=1S/C31H29N5O/c1-21-13-14-22(20-32)19-28(21)33-30(37)24-15-17-25(18-16-24)34-31(2)35-27-12-8-7-11-26(27)29(36(31)3)23-9-5-4-6-10-23/h4-19,29,34-35H,1-3H3,(H,33,37). The second-order valence-electron chi connectivity index (χ2n) is 9.51. The summed E-state index contributed by atoms with van der Waals surface area (Å²) in [7, 11) is 2.10. The molecule has 0 saturated carbocycles. The monoisotopic (exact) mass is 487 g/mol. The van der Waals surface area contributed by atoms with Crippen molar-refractivity contribution in [3.05, 3.63) is 125 Å². The third-order valence-corrected chi connectivity index (χ3v) is 6.99. The highest BCUT2D eigenvalue weighted by molar-refractivity contribution is 6.04. The highest BCUT2D eigenvalue weighted by Gasteiger charge is 2.40. The molecule has 3 N–H and O–H groups in total. The van der Waals surface area contributed by atoms with Gasteiger partial charge in [-0.15, -0.1) is 0 Å². The first-order valence-electron chi connectivity index (χ1n) is 12.2. The first-order chi connectivity index (χ1) is 17.9. The summed E-state index contributed by atoms with van der Waals surface area (Å²) in [5.74, 6) is -0.810. The summed E-state index contributed by atoms with van der Waals surface area (Å²) in [6, 6.07) is 33.7. The van der Waals surface area contributed by atoms with E-state index in [1.54, 1.807) is 24.3 Å². The predicted molar refractivity (Wildman–Crippen MR) is 148 cm³/mol. The summed E-state index contributed by atoms with van der Waals surface area (Å²) >= 11 is 0. The Bertz CT molecular complexity index is 1480. The average Bonchev–Trinajstić information content (AvgIpc) is 2.91. The van der Waals surface area contributed by atoms with Crippen molar-refractivity contribution in [3.8, 4) is 6.07 Å². The molecule has 0 spiro atoms. The largest absolute Gasteiger partial charge is 0.351 e. The Morgan fingerprint density at radius 3 is 2.41 bits per heavy atom. The molecule has 6 heteroatoms. The quantitative estimate of drug-likeness (QED) is 0.306. The van der Waals surface area contributed by atoms with Gasteiger partial charge in [-0.2, -0.15) is 5.26 Å². The molecule has 0 aromatic heterocycles. The van der Waals surface area contributed by atoms with Gasteiger partial charge in [0.2, 0.25) is 0 Å². The highest BCUT2D eigenvalue weighted by Crippen LogP contribution is 2.42. The van der Waals surface area contributed by atoms with Gasteiger partial charge in [0.25, 0.3) is 5.91 Å². The number of fused-ring (bicyclic) bond motifs is 1. The summed E-state index contributed by atoms with van der Waals surface area (Å²) < 4.78 is 0. The summed E-state index contributed by atoms with van der Waals surface area (Å²) in [5.41, 5.74) is 6.98. The number of carbonyl (C=O) groups is 1. The van der Waals surface area contributed by atoms with Gasteiger partial charge in [0.05, 0.1) is 17.7 Å². The fourth-order valence-corrected chi connectivity index (χ4v) is 4.83. The number of aryl methyl sites for hydroxylation is 1. The molecule has 37 heavy (non-hydrogen) atoms. The molecular formula is C31H29N5O. The Hall–Kier alpha value is -4.60. The lowest BCUT2D eigenvalue weighted by atomic mass is 9.92. The Balaban J connectivity index is 1.37. The fraction of sp³-hybridized carbons (Fsp3) is 0.161. The third-order valence-electron chi connectivity index (χ3n) is 6.99. The van der Waals surface area contributed by atoms with Gasteiger partial charge in [0.15, 0.2) is 5.79 Å². The van der Waals surface area contributed by atoms with Crippen LogP contribution in [0.5, 0.6) is 0 Å². The number of nitrogens with one attached hydrogen (secondary N) is 3. The van der Waals surface area contributed by atoms with Gasteiger partial charge >= 0.3 is 0 Å². The van der Waals surface area contributed by atoms with Crippen LogP contribution in [-0.2, 0) is 0 Å². The van der Waals surface area contributed by atoms with Crippen LogP contribution in [0, 0.1) is 18.3 Å². The Morgan fingerprint density at radius 2 is 1.68 bits per heavy atom. The van der Waals surface area contributed by atoms with E-state index in [-0.39, 0.29) is 11.9 Å². The molecule has 6 nitrogen and oxygen atoms in total. The molecule has 0 bridgehead atoms. The SMILES string of the molecule is Cc1ccc(C#N)cc1NC(=O)c1ccc(NC2(C)Nc3ccccc3C(c3ccccc3)N2C)cc1. The number of hydrogen-bond donors (Lipinski definition) is 3. The Kier molecular flexibility index (Phi) is 6.39. The van der Waals surface area contributed by atoms with Crippen molar-refractivity contribution in [1.29, 1.82) is 5.26 Å². The van der Waals surface area contributed by atoms with E-state index in [9.17, 15) is 4.79 Å². The minimum Gasteiger partial charge on any atom is -0.351 e. The third kappa shape index (κ3) is 4.77. The molecule has 1 heterocycles. The Labute approximate surface area is 217 Å². The van der Waals surface area contributed by atoms with Gasteiger partial charge in [-0.1, -0.05) is 54.6 Å². The maximum absolute atomic E-state index is 12.9. The summed E-state index contributed by atoms with van der Waals surface area (Å²) in [6.45, 7) is 4.02. The summed E-state index contributed by atoms with van der Waals surface area (Å²) in [4.78, 5) is 15.2. The number of anilines is 3. The van der Waals surface area contributed by atoms with Gasteiger partial charge in [0.1, 0.15) is 0 Å². The number of amides is 1. The van der Waals surface area contributed by atoms with Crippen LogP contribution in [-0.4, -0.2) is 23.6 Å². The van der Waals surface area contributed by atoms with Gasteiger partial charge in [-0.05, 0) is 80.1 Å². The van der Waals surface area contributed by atoms with Crippen molar-refractivity contribution in [1.82, 2.24) is 4.90 Å². The minimum atomic E-state index is -0.590. The molecule has 1 aliphatic heterocycles. The van der Waals surface area contributed by atoms with E-state index >= 15 is 0 Å². The van der Waals surface area contributed by atoms with Crippen LogP contribution in [0.1, 0.15) is 45.6 Å². The number of hydrogen-bond acceptors (Lipinski definition) is 5. The minimum absolute atomic E-state index is 0.0635. The topological polar surface area (TPSA) is 80.2 Å². The molecule has 4 aromatic rings. The molecular weight excluding hydrogens is 458 g/mol. The lowest BCUT2D eigenvalue weighted by molar-refractivity contribution is 0.102. The smallest absolute Gasteiger partial charge is 0.255 e. The maximum Gasteiger partial charge on any atom is 0.255 e. The molecule has 4 aromatic carbocycles. The Morgan fingerprint density at radius 1 is 0.973 bits per heavy atom. The first kappa shape index (κ1) is 24.1. The second-order valence-corrected chi connectivity index (χ2v) is 9.51.